The zero-order valence-electron chi connectivity index (χ0n) is 18.2. The number of amides is 1. The fourth-order valence-electron chi connectivity index (χ4n) is 4.41. The highest BCUT2D eigenvalue weighted by Gasteiger charge is 2.21. The van der Waals surface area contributed by atoms with Crippen LogP contribution in [0.3, 0.4) is 0 Å². The molecule has 5 aromatic rings. The van der Waals surface area contributed by atoms with Gasteiger partial charge in [-0.1, -0.05) is 60.1 Å². The standard InChI is InChI=1S/C28H21ClN2O3/c29-21-11-9-19(10-12-21)20-15-24-27(25(16-20)34-14-13-32)26-22(28(30)33)7-4-8-23(26)31(24)17-18-5-2-1-3-6-18/h1-13,15-16H,14,17H2,(H2,30,33). The van der Waals surface area contributed by atoms with Gasteiger partial charge in [0.05, 0.1) is 16.4 Å². The van der Waals surface area contributed by atoms with Gasteiger partial charge in [-0.05, 0) is 53.1 Å². The van der Waals surface area contributed by atoms with Crippen LogP contribution < -0.4 is 10.5 Å². The van der Waals surface area contributed by atoms with Gasteiger partial charge < -0.3 is 15.0 Å². The molecule has 5 nitrogen and oxygen atoms in total. The van der Waals surface area contributed by atoms with Crippen molar-refractivity contribution in [2.45, 2.75) is 6.54 Å². The molecule has 0 aliphatic carbocycles. The highest BCUT2D eigenvalue weighted by atomic mass is 35.5. The minimum atomic E-state index is -0.521. The van der Waals surface area contributed by atoms with Crippen molar-refractivity contribution >= 4 is 45.6 Å². The monoisotopic (exact) mass is 468 g/mol. The first-order valence-corrected chi connectivity index (χ1v) is 11.2. The van der Waals surface area contributed by atoms with Gasteiger partial charge in [-0.2, -0.15) is 0 Å². The summed E-state index contributed by atoms with van der Waals surface area (Å²) in [6.07, 6.45) is 0.707. The van der Waals surface area contributed by atoms with Crippen molar-refractivity contribution in [1.29, 1.82) is 0 Å². The number of rotatable bonds is 7. The third-order valence-corrected chi connectivity index (χ3v) is 6.14. The molecule has 0 spiro atoms. The number of halogens is 1. The predicted molar refractivity (Wildman–Crippen MR) is 136 cm³/mol. The number of primary amides is 1. The van der Waals surface area contributed by atoms with E-state index in [1.807, 2.05) is 60.7 Å². The number of nitrogens with zero attached hydrogens (tertiary/aromatic N) is 1. The molecule has 168 valence electrons. The predicted octanol–water partition coefficient (Wildman–Crippen LogP) is 5.84. The lowest BCUT2D eigenvalue weighted by atomic mass is 10.0. The second-order valence-corrected chi connectivity index (χ2v) is 8.43. The summed E-state index contributed by atoms with van der Waals surface area (Å²) >= 11 is 6.10. The number of ether oxygens (including phenoxy) is 1. The van der Waals surface area contributed by atoms with E-state index >= 15 is 0 Å². The van der Waals surface area contributed by atoms with Gasteiger partial charge in [-0.3, -0.25) is 9.59 Å². The summed E-state index contributed by atoms with van der Waals surface area (Å²) in [5, 5.41) is 2.11. The number of aromatic nitrogens is 1. The van der Waals surface area contributed by atoms with Gasteiger partial charge in [0, 0.05) is 22.5 Å². The number of aldehydes is 1. The van der Waals surface area contributed by atoms with Gasteiger partial charge in [0.1, 0.15) is 12.4 Å². The average molecular weight is 469 g/mol. The maximum atomic E-state index is 12.4. The number of carbonyl (C=O) groups excluding carboxylic acids is 2. The van der Waals surface area contributed by atoms with Crippen molar-refractivity contribution in [3.63, 3.8) is 0 Å². The van der Waals surface area contributed by atoms with E-state index in [0.29, 0.717) is 34.6 Å². The largest absolute Gasteiger partial charge is 0.485 e. The number of fused-ring (bicyclic) bond motifs is 3. The summed E-state index contributed by atoms with van der Waals surface area (Å²) in [5.41, 5.74) is 10.9. The molecule has 1 amide bonds. The van der Waals surface area contributed by atoms with E-state index in [-0.39, 0.29) is 6.61 Å². The number of hydrogen-bond acceptors (Lipinski definition) is 3. The Morgan fingerprint density at radius 1 is 0.882 bits per heavy atom. The highest BCUT2D eigenvalue weighted by molar-refractivity contribution is 6.30. The Balaban J connectivity index is 1.87. The van der Waals surface area contributed by atoms with Crippen LogP contribution in [0.1, 0.15) is 15.9 Å². The first kappa shape index (κ1) is 21.7. The van der Waals surface area contributed by atoms with Crippen molar-refractivity contribution in [3.05, 3.63) is 101 Å². The number of hydrogen-bond donors (Lipinski definition) is 1. The van der Waals surface area contributed by atoms with Gasteiger partial charge in [0.25, 0.3) is 0 Å². The molecule has 1 aromatic heterocycles. The second kappa shape index (κ2) is 9.04. The minimum absolute atomic E-state index is 0.108. The van der Waals surface area contributed by atoms with Crippen molar-refractivity contribution in [1.82, 2.24) is 4.57 Å². The van der Waals surface area contributed by atoms with Crippen LogP contribution in [0.15, 0.2) is 84.9 Å². The summed E-state index contributed by atoms with van der Waals surface area (Å²) in [6, 6.07) is 27.1. The molecule has 0 aliphatic rings. The van der Waals surface area contributed by atoms with Gasteiger partial charge in [-0.15, -0.1) is 0 Å². The maximum absolute atomic E-state index is 12.4. The van der Waals surface area contributed by atoms with E-state index in [4.69, 9.17) is 22.1 Å². The van der Waals surface area contributed by atoms with E-state index < -0.39 is 5.91 Å². The molecular formula is C28H21ClN2O3. The topological polar surface area (TPSA) is 74.3 Å². The zero-order chi connectivity index (χ0) is 23.7. The molecule has 0 atom stereocenters. The van der Waals surface area contributed by atoms with Crippen LogP contribution in [0, 0.1) is 0 Å². The Hall–Kier alpha value is -4.09. The summed E-state index contributed by atoms with van der Waals surface area (Å²) < 4.78 is 8.05. The molecule has 34 heavy (non-hydrogen) atoms. The van der Waals surface area contributed by atoms with E-state index in [1.165, 1.54) is 0 Å². The molecule has 0 aliphatic heterocycles. The zero-order valence-corrected chi connectivity index (χ0v) is 19.0. The third-order valence-electron chi connectivity index (χ3n) is 5.89. The summed E-state index contributed by atoms with van der Waals surface area (Å²) in [7, 11) is 0. The number of nitrogens with two attached hydrogens (primary N) is 1. The van der Waals surface area contributed by atoms with Crippen LogP contribution in [0.5, 0.6) is 5.75 Å². The average Bonchev–Trinajstić information content (AvgIpc) is 3.17. The lowest BCUT2D eigenvalue weighted by Gasteiger charge is -2.12. The van der Waals surface area contributed by atoms with E-state index in [1.54, 1.807) is 6.07 Å². The van der Waals surface area contributed by atoms with Crippen LogP contribution in [0.4, 0.5) is 0 Å². The van der Waals surface area contributed by atoms with Gasteiger partial charge in [-0.25, -0.2) is 0 Å². The maximum Gasteiger partial charge on any atom is 0.249 e. The Bertz CT molecular complexity index is 1520. The second-order valence-electron chi connectivity index (χ2n) is 7.99. The summed E-state index contributed by atoms with van der Waals surface area (Å²) in [5.74, 6) is -0.00691. The molecule has 5 rings (SSSR count). The molecule has 0 bridgehead atoms. The number of benzene rings is 4. The molecular weight excluding hydrogens is 448 g/mol. The quantitative estimate of drug-likeness (QED) is 0.305. The Morgan fingerprint density at radius 3 is 2.35 bits per heavy atom. The van der Waals surface area contributed by atoms with Gasteiger partial charge in [0.15, 0.2) is 6.29 Å². The fraction of sp³-hybridized carbons (Fsp3) is 0.0714. The molecule has 6 heteroatoms. The number of carbonyl (C=O) groups is 2. The first-order chi connectivity index (χ1) is 16.6. The molecule has 0 radical (unpaired) electrons. The van der Waals surface area contributed by atoms with Crippen molar-refractivity contribution in [2.24, 2.45) is 5.73 Å². The summed E-state index contributed by atoms with van der Waals surface area (Å²) in [6.45, 7) is 0.476. The van der Waals surface area contributed by atoms with E-state index in [0.717, 1.165) is 33.1 Å². The van der Waals surface area contributed by atoms with Crippen LogP contribution in [-0.2, 0) is 11.3 Å². The van der Waals surface area contributed by atoms with Crippen molar-refractivity contribution in [2.75, 3.05) is 6.61 Å². The van der Waals surface area contributed by atoms with Crippen molar-refractivity contribution in [3.8, 4) is 16.9 Å². The van der Waals surface area contributed by atoms with Crippen LogP contribution in [0.25, 0.3) is 32.9 Å². The van der Waals surface area contributed by atoms with E-state index in [9.17, 15) is 9.59 Å². The first-order valence-electron chi connectivity index (χ1n) is 10.8. The van der Waals surface area contributed by atoms with Crippen molar-refractivity contribution < 1.29 is 14.3 Å². The molecule has 2 N–H and O–H groups in total. The molecule has 0 saturated heterocycles. The highest BCUT2D eigenvalue weighted by Crippen LogP contribution is 2.41. The third kappa shape index (κ3) is 3.91. The lowest BCUT2D eigenvalue weighted by molar-refractivity contribution is -0.109. The smallest absolute Gasteiger partial charge is 0.249 e. The normalized spacial score (nSPS) is 11.1. The SMILES string of the molecule is NC(=O)c1cccc2c1c1c(OCC=O)cc(-c3ccc(Cl)cc3)cc1n2Cc1ccccc1. The molecule has 0 unspecified atom stereocenters. The molecule has 1 heterocycles. The minimum Gasteiger partial charge on any atom is -0.485 e. The molecule has 0 fully saturated rings. The lowest BCUT2D eigenvalue weighted by Crippen LogP contribution is -2.11. The van der Waals surface area contributed by atoms with Crippen LogP contribution in [-0.4, -0.2) is 23.4 Å². The van der Waals surface area contributed by atoms with E-state index in [2.05, 4.69) is 22.8 Å². The van der Waals surface area contributed by atoms with Gasteiger partial charge in [0.2, 0.25) is 5.91 Å². The van der Waals surface area contributed by atoms with Crippen LogP contribution in [0.2, 0.25) is 5.02 Å². The Labute approximate surface area is 201 Å². The molecule has 0 saturated carbocycles. The summed E-state index contributed by atoms with van der Waals surface area (Å²) in [4.78, 5) is 23.5. The Kier molecular flexibility index (Phi) is 5.78. The Morgan fingerprint density at radius 2 is 1.65 bits per heavy atom. The fourth-order valence-corrected chi connectivity index (χ4v) is 4.54. The molecule has 4 aromatic carbocycles. The van der Waals surface area contributed by atoms with Crippen LogP contribution >= 0.6 is 11.6 Å². The van der Waals surface area contributed by atoms with Gasteiger partial charge >= 0.3 is 0 Å².